The van der Waals surface area contributed by atoms with Crippen molar-refractivity contribution in [2.24, 2.45) is 0 Å². The summed E-state index contributed by atoms with van der Waals surface area (Å²) in [6.45, 7) is -0.305. The highest BCUT2D eigenvalue weighted by atomic mass is 19.4. The third-order valence-electron chi connectivity index (χ3n) is 1.85. The molecule has 90 valence electrons. The van der Waals surface area contributed by atoms with Crippen LogP contribution in [0, 0.1) is 0 Å². The molecule has 1 heterocycles. The summed E-state index contributed by atoms with van der Waals surface area (Å²) < 4.78 is 37.4. The van der Waals surface area contributed by atoms with Crippen LogP contribution in [0.2, 0.25) is 0 Å². The molecular weight excluding hydrogens is 227 g/mol. The maximum atomic E-state index is 12.2. The van der Waals surface area contributed by atoms with E-state index >= 15 is 0 Å². The quantitative estimate of drug-likeness (QED) is 0.734. The molecule has 0 saturated heterocycles. The van der Waals surface area contributed by atoms with Gasteiger partial charge in [-0.1, -0.05) is 0 Å². The van der Waals surface area contributed by atoms with Crippen LogP contribution in [0.5, 0.6) is 0 Å². The zero-order valence-corrected chi connectivity index (χ0v) is 8.65. The van der Waals surface area contributed by atoms with Crippen LogP contribution < -0.4 is 0 Å². The summed E-state index contributed by atoms with van der Waals surface area (Å²) in [5.74, 6) is -0.501. The molecule has 0 spiro atoms. The number of amides is 1. The van der Waals surface area contributed by atoms with Crippen LogP contribution in [0.1, 0.15) is 5.69 Å². The fraction of sp³-hybridized carbons (Fsp3) is 0.500. The number of aromatic nitrogens is 2. The van der Waals surface area contributed by atoms with E-state index < -0.39 is 17.8 Å². The lowest BCUT2D eigenvalue weighted by Gasteiger charge is -2.13. The first-order chi connectivity index (χ1) is 7.34. The molecule has 16 heavy (non-hydrogen) atoms. The number of likely N-dealkylation sites (N-methyl/N-ethyl adjacent to an activating group) is 1. The molecular formula is C8H10F3N3O2. The van der Waals surface area contributed by atoms with E-state index in [-0.39, 0.29) is 6.54 Å². The summed E-state index contributed by atoms with van der Waals surface area (Å²) in [5, 5.41) is 4.14. The number of hydrogen-bond acceptors (Lipinski definition) is 3. The zero-order chi connectivity index (χ0) is 12.3. The van der Waals surface area contributed by atoms with Crippen molar-refractivity contribution in [1.82, 2.24) is 14.8 Å². The number of nitrogens with zero attached hydrogens (tertiary/aromatic N) is 3. The number of halogens is 3. The molecule has 0 aromatic carbocycles. The molecule has 0 aliphatic rings. The van der Waals surface area contributed by atoms with E-state index in [1.165, 1.54) is 14.2 Å². The lowest BCUT2D eigenvalue weighted by molar-refractivity contribution is -0.169. The van der Waals surface area contributed by atoms with Crippen LogP contribution in [0.15, 0.2) is 12.3 Å². The van der Waals surface area contributed by atoms with Crippen LogP contribution in [0.4, 0.5) is 13.2 Å². The summed E-state index contributed by atoms with van der Waals surface area (Å²) in [5.41, 5.74) is -1.03. The topological polar surface area (TPSA) is 47.4 Å². The second-order valence-electron chi connectivity index (χ2n) is 2.97. The Morgan fingerprint density at radius 3 is 2.69 bits per heavy atom. The van der Waals surface area contributed by atoms with E-state index in [9.17, 15) is 18.0 Å². The lowest BCUT2D eigenvalue weighted by Crippen LogP contribution is -2.29. The lowest BCUT2D eigenvalue weighted by atomic mass is 10.4. The van der Waals surface area contributed by atoms with E-state index in [2.05, 4.69) is 9.94 Å². The average Bonchev–Trinajstić information content (AvgIpc) is 2.64. The molecule has 8 heteroatoms. The minimum atomic E-state index is -4.50. The molecule has 1 rings (SSSR count). The van der Waals surface area contributed by atoms with Crippen LogP contribution in [0.3, 0.4) is 0 Å². The molecule has 0 fully saturated rings. The first kappa shape index (κ1) is 12.5. The Morgan fingerprint density at radius 2 is 2.25 bits per heavy atom. The second-order valence-corrected chi connectivity index (χ2v) is 2.97. The van der Waals surface area contributed by atoms with Crippen LogP contribution in [0.25, 0.3) is 0 Å². The highest BCUT2D eigenvalue weighted by Crippen LogP contribution is 2.27. The SMILES string of the molecule is CON(C)C(=O)Cn1ccc(C(F)(F)F)n1. The third-order valence-corrected chi connectivity index (χ3v) is 1.85. The largest absolute Gasteiger partial charge is 0.435 e. The van der Waals surface area contributed by atoms with Gasteiger partial charge in [-0.25, -0.2) is 5.06 Å². The molecule has 1 aromatic rings. The van der Waals surface area contributed by atoms with E-state index in [0.717, 1.165) is 22.0 Å². The van der Waals surface area contributed by atoms with Crippen molar-refractivity contribution in [2.75, 3.05) is 14.2 Å². The summed E-state index contributed by atoms with van der Waals surface area (Å²) in [6.07, 6.45) is -3.41. The van der Waals surface area contributed by atoms with E-state index in [1.807, 2.05) is 0 Å². The van der Waals surface area contributed by atoms with Gasteiger partial charge in [0.25, 0.3) is 5.91 Å². The Morgan fingerprint density at radius 1 is 1.62 bits per heavy atom. The summed E-state index contributed by atoms with van der Waals surface area (Å²) in [4.78, 5) is 15.8. The number of hydroxylamine groups is 2. The minimum Gasteiger partial charge on any atom is -0.275 e. The van der Waals surface area contributed by atoms with Crippen molar-refractivity contribution < 1.29 is 22.8 Å². The number of rotatable bonds is 3. The van der Waals surface area contributed by atoms with Gasteiger partial charge in [-0.2, -0.15) is 18.3 Å². The van der Waals surface area contributed by atoms with Gasteiger partial charge >= 0.3 is 6.18 Å². The Kier molecular flexibility index (Phi) is 3.53. The maximum Gasteiger partial charge on any atom is 0.435 e. The number of alkyl halides is 3. The van der Waals surface area contributed by atoms with E-state index in [1.54, 1.807) is 0 Å². The first-order valence-electron chi connectivity index (χ1n) is 4.26. The molecule has 1 amide bonds. The molecule has 0 aliphatic carbocycles. The van der Waals surface area contributed by atoms with Crippen LogP contribution in [-0.4, -0.2) is 34.9 Å². The van der Waals surface area contributed by atoms with Crippen LogP contribution in [-0.2, 0) is 22.4 Å². The first-order valence-corrected chi connectivity index (χ1v) is 4.26. The van der Waals surface area contributed by atoms with Gasteiger partial charge < -0.3 is 0 Å². The average molecular weight is 237 g/mol. The van der Waals surface area contributed by atoms with Gasteiger partial charge in [0, 0.05) is 13.2 Å². The Labute approximate surface area is 89.3 Å². The normalized spacial score (nSPS) is 11.6. The van der Waals surface area contributed by atoms with Crippen molar-refractivity contribution in [3.8, 4) is 0 Å². The molecule has 0 saturated carbocycles. The maximum absolute atomic E-state index is 12.2. The Balaban J connectivity index is 2.70. The van der Waals surface area contributed by atoms with E-state index in [0.29, 0.717) is 0 Å². The molecule has 0 aliphatic heterocycles. The van der Waals surface area contributed by atoms with Gasteiger partial charge in [0.2, 0.25) is 0 Å². The number of hydrogen-bond donors (Lipinski definition) is 0. The highest BCUT2D eigenvalue weighted by molar-refractivity contribution is 5.74. The van der Waals surface area contributed by atoms with E-state index in [4.69, 9.17) is 0 Å². The van der Waals surface area contributed by atoms with Gasteiger partial charge in [0.05, 0.1) is 7.11 Å². The Hall–Kier alpha value is -1.57. The number of carbonyl (C=O) groups is 1. The highest BCUT2D eigenvalue weighted by Gasteiger charge is 2.33. The van der Waals surface area contributed by atoms with Gasteiger partial charge in [-0.05, 0) is 6.07 Å². The van der Waals surface area contributed by atoms with Crippen molar-refractivity contribution in [3.05, 3.63) is 18.0 Å². The van der Waals surface area contributed by atoms with Gasteiger partial charge in [-0.15, -0.1) is 0 Å². The standard InChI is InChI=1S/C8H10F3N3O2/c1-13(16-2)7(15)5-14-4-3-6(12-14)8(9,10)11/h3-4H,5H2,1-2H3. The molecule has 0 unspecified atom stereocenters. The number of carbonyl (C=O) groups excluding carboxylic acids is 1. The summed E-state index contributed by atoms with van der Waals surface area (Å²) >= 11 is 0. The molecule has 0 bridgehead atoms. The van der Waals surface area contributed by atoms with Gasteiger partial charge in [0.15, 0.2) is 5.69 Å². The molecule has 0 N–H and O–H groups in total. The predicted molar refractivity (Wildman–Crippen MR) is 47.0 cm³/mol. The van der Waals surface area contributed by atoms with Gasteiger partial charge in [-0.3, -0.25) is 14.3 Å². The fourth-order valence-corrected chi connectivity index (χ4v) is 0.941. The van der Waals surface area contributed by atoms with Crippen molar-refractivity contribution >= 4 is 5.91 Å². The molecule has 0 radical (unpaired) electrons. The van der Waals surface area contributed by atoms with Crippen molar-refractivity contribution in [2.45, 2.75) is 12.7 Å². The van der Waals surface area contributed by atoms with Gasteiger partial charge in [0.1, 0.15) is 6.54 Å². The van der Waals surface area contributed by atoms with Crippen molar-refractivity contribution in [1.29, 1.82) is 0 Å². The molecule has 1 aromatic heterocycles. The van der Waals surface area contributed by atoms with Crippen molar-refractivity contribution in [3.63, 3.8) is 0 Å². The van der Waals surface area contributed by atoms with Crippen LogP contribution >= 0.6 is 0 Å². The summed E-state index contributed by atoms with van der Waals surface area (Å²) in [6, 6.07) is 0.806. The molecule has 0 atom stereocenters. The fourth-order valence-electron chi connectivity index (χ4n) is 0.941. The molecule has 5 nitrogen and oxygen atoms in total. The Bertz CT molecular complexity index is 375. The smallest absolute Gasteiger partial charge is 0.275 e. The predicted octanol–water partition coefficient (Wildman–Crippen LogP) is 0.922. The monoisotopic (exact) mass is 237 g/mol. The minimum absolute atomic E-state index is 0.305. The zero-order valence-electron chi connectivity index (χ0n) is 8.65. The third kappa shape index (κ3) is 2.96. The second kappa shape index (κ2) is 4.52. The summed E-state index contributed by atoms with van der Waals surface area (Å²) in [7, 11) is 2.64.